The minimum Gasteiger partial charge on any atom is -0.359 e. The molecule has 2 aromatic carbocycles. The van der Waals surface area contributed by atoms with Gasteiger partial charge in [-0.05, 0) is 54.7 Å². The number of halogens is 3. The van der Waals surface area contributed by atoms with E-state index in [-0.39, 0.29) is 5.91 Å². The summed E-state index contributed by atoms with van der Waals surface area (Å²) in [4.78, 5) is 14.4. The van der Waals surface area contributed by atoms with Crippen LogP contribution in [0, 0.1) is 0 Å². The van der Waals surface area contributed by atoms with Crippen molar-refractivity contribution in [3.8, 4) is 0 Å². The molecule has 0 aliphatic heterocycles. The number of rotatable bonds is 5. The van der Waals surface area contributed by atoms with Crippen molar-refractivity contribution in [2.45, 2.75) is 32.4 Å². The van der Waals surface area contributed by atoms with Crippen molar-refractivity contribution in [1.29, 1.82) is 0 Å². The summed E-state index contributed by atoms with van der Waals surface area (Å²) >= 11 is 0. The highest BCUT2D eigenvalue weighted by Gasteiger charge is 2.29. The first-order chi connectivity index (χ1) is 12.3. The summed E-state index contributed by atoms with van der Waals surface area (Å²) in [7, 11) is 0. The Balaban J connectivity index is 1.63. The van der Waals surface area contributed by atoms with Gasteiger partial charge in [-0.1, -0.05) is 18.2 Å². The fraction of sp³-hybridized carbons (Fsp3) is 0.250. The Morgan fingerprint density at radius 3 is 2.35 bits per heavy atom. The summed E-state index contributed by atoms with van der Waals surface area (Å²) in [6.07, 6.45) is -0.186. The van der Waals surface area contributed by atoms with E-state index < -0.39 is 11.7 Å². The largest absolute Gasteiger partial charge is 0.416 e. The zero-order valence-corrected chi connectivity index (χ0v) is 14.3. The molecule has 0 atom stereocenters. The standard InChI is InChI=1S/C20H19F3N2O/c1-13(26)25-19-12-24-18-10-7-15(11-17(18)19)4-2-3-14-5-8-16(9-6-14)20(21,22)23/h5-12,24H,2-4H2,1H3,(H,25,26). The molecule has 0 aliphatic carbocycles. The molecule has 0 bridgehead atoms. The molecule has 0 spiro atoms. The van der Waals surface area contributed by atoms with Gasteiger partial charge in [0.1, 0.15) is 0 Å². The van der Waals surface area contributed by atoms with E-state index in [1.807, 2.05) is 18.2 Å². The minimum absolute atomic E-state index is 0.126. The minimum atomic E-state index is -4.30. The number of carbonyl (C=O) groups is 1. The van der Waals surface area contributed by atoms with Crippen LogP contribution in [-0.2, 0) is 23.8 Å². The fourth-order valence-electron chi connectivity index (χ4n) is 2.97. The predicted molar refractivity (Wildman–Crippen MR) is 96.1 cm³/mol. The van der Waals surface area contributed by atoms with Crippen LogP contribution in [0.4, 0.5) is 18.9 Å². The molecule has 26 heavy (non-hydrogen) atoms. The van der Waals surface area contributed by atoms with Gasteiger partial charge >= 0.3 is 6.18 Å². The van der Waals surface area contributed by atoms with Crippen LogP contribution in [0.2, 0.25) is 0 Å². The number of H-pyrrole nitrogens is 1. The zero-order valence-electron chi connectivity index (χ0n) is 14.3. The highest BCUT2D eigenvalue weighted by atomic mass is 19.4. The Kier molecular flexibility index (Phi) is 5.02. The van der Waals surface area contributed by atoms with Gasteiger partial charge in [0, 0.05) is 24.0 Å². The van der Waals surface area contributed by atoms with Crippen LogP contribution in [0.3, 0.4) is 0 Å². The zero-order chi connectivity index (χ0) is 18.7. The van der Waals surface area contributed by atoms with Crippen molar-refractivity contribution in [3.05, 3.63) is 65.4 Å². The second-order valence-corrected chi connectivity index (χ2v) is 6.31. The van der Waals surface area contributed by atoms with E-state index in [9.17, 15) is 18.0 Å². The number of alkyl halides is 3. The highest BCUT2D eigenvalue weighted by Crippen LogP contribution is 2.29. The first-order valence-electron chi connectivity index (χ1n) is 8.36. The SMILES string of the molecule is CC(=O)Nc1c[nH]c2ccc(CCCc3ccc(C(F)(F)F)cc3)cc12. The van der Waals surface area contributed by atoms with Crippen molar-refractivity contribution in [2.24, 2.45) is 0 Å². The fourth-order valence-corrected chi connectivity index (χ4v) is 2.97. The third kappa shape index (κ3) is 4.25. The molecule has 1 heterocycles. The lowest BCUT2D eigenvalue weighted by Crippen LogP contribution is -2.05. The van der Waals surface area contributed by atoms with Gasteiger partial charge in [0.25, 0.3) is 0 Å². The number of nitrogens with one attached hydrogen (secondary N) is 2. The van der Waals surface area contributed by atoms with Crippen LogP contribution >= 0.6 is 0 Å². The lowest BCUT2D eigenvalue weighted by atomic mass is 10.0. The molecule has 3 rings (SSSR count). The number of amides is 1. The van der Waals surface area contributed by atoms with Crippen molar-refractivity contribution in [3.63, 3.8) is 0 Å². The van der Waals surface area contributed by atoms with E-state index in [1.54, 1.807) is 6.20 Å². The van der Waals surface area contributed by atoms with Gasteiger partial charge in [-0.15, -0.1) is 0 Å². The third-order valence-corrected chi connectivity index (χ3v) is 4.27. The summed E-state index contributed by atoms with van der Waals surface area (Å²) in [6.45, 7) is 1.47. The Morgan fingerprint density at radius 2 is 1.69 bits per heavy atom. The quantitative estimate of drug-likeness (QED) is 0.635. The second kappa shape index (κ2) is 7.23. The maximum atomic E-state index is 12.6. The van der Waals surface area contributed by atoms with E-state index in [2.05, 4.69) is 10.3 Å². The summed E-state index contributed by atoms with van der Waals surface area (Å²) in [5.41, 5.74) is 3.08. The van der Waals surface area contributed by atoms with Crippen LogP contribution in [-0.4, -0.2) is 10.9 Å². The van der Waals surface area contributed by atoms with Crippen LogP contribution in [0.25, 0.3) is 10.9 Å². The molecular weight excluding hydrogens is 341 g/mol. The first kappa shape index (κ1) is 18.0. The predicted octanol–water partition coefficient (Wildman–Crippen LogP) is 5.32. The summed E-state index contributed by atoms with van der Waals surface area (Å²) in [6, 6.07) is 11.3. The van der Waals surface area contributed by atoms with E-state index >= 15 is 0 Å². The maximum Gasteiger partial charge on any atom is 0.416 e. The Hall–Kier alpha value is -2.76. The molecule has 0 aliphatic rings. The third-order valence-electron chi connectivity index (χ3n) is 4.27. The smallest absolute Gasteiger partial charge is 0.359 e. The number of aromatic amines is 1. The Morgan fingerprint density at radius 1 is 1.04 bits per heavy atom. The molecule has 3 nitrogen and oxygen atoms in total. The van der Waals surface area contributed by atoms with Crippen molar-refractivity contribution >= 4 is 22.5 Å². The van der Waals surface area contributed by atoms with E-state index in [0.717, 1.165) is 52.7 Å². The van der Waals surface area contributed by atoms with Gasteiger partial charge in [0.15, 0.2) is 0 Å². The number of aromatic nitrogens is 1. The molecular formula is C20H19F3N2O. The number of carbonyl (C=O) groups excluding carboxylic acids is 1. The molecule has 1 amide bonds. The average molecular weight is 360 g/mol. The van der Waals surface area contributed by atoms with Crippen molar-refractivity contribution < 1.29 is 18.0 Å². The average Bonchev–Trinajstić information content (AvgIpc) is 2.96. The number of fused-ring (bicyclic) bond motifs is 1. The van der Waals surface area contributed by atoms with Gasteiger partial charge in [-0.2, -0.15) is 13.2 Å². The van der Waals surface area contributed by atoms with Crippen LogP contribution in [0.1, 0.15) is 30.0 Å². The summed E-state index contributed by atoms with van der Waals surface area (Å²) in [5, 5.41) is 3.74. The molecule has 1 aromatic heterocycles. The molecule has 0 saturated heterocycles. The normalized spacial score (nSPS) is 11.7. The van der Waals surface area contributed by atoms with E-state index in [0.29, 0.717) is 6.42 Å². The number of anilines is 1. The van der Waals surface area contributed by atoms with Crippen LogP contribution < -0.4 is 5.32 Å². The summed E-state index contributed by atoms with van der Waals surface area (Å²) < 4.78 is 37.7. The van der Waals surface area contributed by atoms with E-state index in [1.165, 1.54) is 19.1 Å². The molecule has 2 N–H and O–H groups in total. The van der Waals surface area contributed by atoms with Gasteiger partial charge in [0.2, 0.25) is 5.91 Å². The summed E-state index contributed by atoms with van der Waals surface area (Å²) in [5.74, 6) is -0.126. The Labute approximate surface area is 149 Å². The monoisotopic (exact) mass is 360 g/mol. The van der Waals surface area contributed by atoms with Gasteiger partial charge < -0.3 is 10.3 Å². The topological polar surface area (TPSA) is 44.9 Å². The number of aryl methyl sites for hydroxylation is 2. The number of benzene rings is 2. The molecule has 0 fully saturated rings. The Bertz CT molecular complexity index is 911. The molecule has 3 aromatic rings. The number of hydrogen-bond acceptors (Lipinski definition) is 1. The first-order valence-corrected chi connectivity index (χ1v) is 8.36. The van der Waals surface area contributed by atoms with Crippen LogP contribution in [0.15, 0.2) is 48.7 Å². The van der Waals surface area contributed by atoms with Crippen molar-refractivity contribution in [2.75, 3.05) is 5.32 Å². The lowest BCUT2D eigenvalue weighted by Gasteiger charge is -2.08. The molecule has 136 valence electrons. The molecule has 0 radical (unpaired) electrons. The highest BCUT2D eigenvalue weighted by molar-refractivity contribution is 6.01. The second-order valence-electron chi connectivity index (χ2n) is 6.31. The van der Waals surface area contributed by atoms with Crippen molar-refractivity contribution in [1.82, 2.24) is 4.98 Å². The van der Waals surface area contributed by atoms with Crippen LogP contribution in [0.5, 0.6) is 0 Å². The lowest BCUT2D eigenvalue weighted by molar-refractivity contribution is -0.137. The maximum absolute atomic E-state index is 12.6. The van der Waals surface area contributed by atoms with Gasteiger partial charge in [-0.25, -0.2) is 0 Å². The van der Waals surface area contributed by atoms with Gasteiger partial charge in [0.05, 0.1) is 11.3 Å². The number of hydrogen-bond donors (Lipinski definition) is 2. The molecule has 0 unspecified atom stereocenters. The molecule has 6 heteroatoms. The molecule has 0 saturated carbocycles. The van der Waals surface area contributed by atoms with Gasteiger partial charge in [-0.3, -0.25) is 4.79 Å². The van der Waals surface area contributed by atoms with E-state index in [4.69, 9.17) is 0 Å².